The third-order valence-electron chi connectivity index (χ3n) is 3.18. The van der Waals surface area contributed by atoms with E-state index in [1.807, 2.05) is 42.6 Å². The van der Waals surface area contributed by atoms with Crippen LogP contribution in [0.3, 0.4) is 0 Å². The lowest BCUT2D eigenvalue weighted by atomic mass is 10.1. The number of hydrogen-bond acceptors (Lipinski definition) is 4. The minimum Gasteiger partial charge on any atom is -0.272 e. The van der Waals surface area contributed by atoms with E-state index >= 15 is 0 Å². The molecule has 0 saturated carbocycles. The molecule has 2 N–H and O–H groups in total. The molecule has 0 atom stereocenters. The van der Waals surface area contributed by atoms with Crippen molar-refractivity contribution in [2.75, 3.05) is 0 Å². The lowest BCUT2D eigenvalue weighted by molar-refractivity contribution is 0.0950. The van der Waals surface area contributed by atoms with Crippen molar-refractivity contribution in [1.29, 1.82) is 0 Å². The van der Waals surface area contributed by atoms with Crippen molar-refractivity contribution in [2.45, 2.75) is 6.92 Å². The lowest BCUT2D eigenvalue weighted by Gasteiger charge is -1.99. The van der Waals surface area contributed by atoms with Crippen LogP contribution in [0, 0.1) is 0 Å². The second-order valence-electron chi connectivity index (χ2n) is 4.76. The first kappa shape index (κ1) is 15.5. The molecular weight excluding hydrogens is 332 g/mol. The van der Waals surface area contributed by atoms with E-state index in [2.05, 4.69) is 20.7 Å². The molecule has 0 radical (unpaired) electrons. The fourth-order valence-corrected chi connectivity index (χ4v) is 2.89. The molecule has 0 aliphatic heterocycles. The average molecular weight is 345 g/mol. The summed E-state index contributed by atoms with van der Waals surface area (Å²) < 4.78 is 0. The number of aromatic nitrogens is 2. The molecule has 2 heterocycles. The minimum absolute atomic E-state index is 0.322. The van der Waals surface area contributed by atoms with Gasteiger partial charge in [0.25, 0.3) is 5.91 Å². The van der Waals surface area contributed by atoms with Crippen LogP contribution in [0.5, 0.6) is 0 Å². The fourth-order valence-electron chi connectivity index (χ4n) is 1.98. The molecule has 116 valence electrons. The standard InChI is InChI=1S/C16H13ClN4OS/c1-10(15-7-4-8-23-15)18-21-16(22)14-9-13(19-20-14)11-5-2-3-6-12(11)17/h2-9H,1H3,(H,19,20)(H,21,22). The van der Waals surface area contributed by atoms with Crippen LogP contribution in [0.1, 0.15) is 22.3 Å². The Morgan fingerprint density at radius 1 is 1.30 bits per heavy atom. The zero-order valence-corrected chi connectivity index (χ0v) is 13.8. The van der Waals surface area contributed by atoms with Gasteiger partial charge in [-0.1, -0.05) is 35.9 Å². The molecule has 0 aliphatic carbocycles. The lowest BCUT2D eigenvalue weighted by Crippen LogP contribution is -2.19. The Bertz CT molecular complexity index is 855. The van der Waals surface area contributed by atoms with Gasteiger partial charge in [0.1, 0.15) is 5.69 Å². The van der Waals surface area contributed by atoms with E-state index in [0.29, 0.717) is 16.4 Å². The van der Waals surface area contributed by atoms with Crippen molar-refractivity contribution >= 4 is 34.6 Å². The number of nitrogens with one attached hydrogen (secondary N) is 2. The van der Waals surface area contributed by atoms with Crippen molar-refractivity contribution in [2.24, 2.45) is 5.10 Å². The third kappa shape index (κ3) is 3.49. The summed E-state index contributed by atoms with van der Waals surface area (Å²) in [5.74, 6) is -0.355. The number of rotatable bonds is 4. The van der Waals surface area contributed by atoms with Gasteiger partial charge in [0.15, 0.2) is 0 Å². The van der Waals surface area contributed by atoms with Gasteiger partial charge in [0, 0.05) is 10.4 Å². The number of carbonyl (C=O) groups excluding carboxylic acids is 1. The Morgan fingerprint density at radius 2 is 2.13 bits per heavy atom. The van der Waals surface area contributed by atoms with Gasteiger partial charge in [-0.25, -0.2) is 5.43 Å². The van der Waals surface area contributed by atoms with Crippen LogP contribution in [-0.4, -0.2) is 21.8 Å². The summed E-state index contributed by atoms with van der Waals surface area (Å²) in [5, 5.41) is 13.5. The highest BCUT2D eigenvalue weighted by molar-refractivity contribution is 7.12. The van der Waals surface area contributed by atoms with Crippen LogP contribution in [0.2, 0.25) is 5.02 Å². The monoisotopic (exact) mass is 344 g/mol. The molecule has 0 aliphatic rings. The molecule has 0 unspecified atom stereocenters. The summed E-state index contributed by atoms with van der Waals surface area (Å²) in [5.41, 5.74) is 4.97. The number of aromatic amines is 1. The highest BCUT2D eigenvalue weighted by atomic mass is 35.5. The molecule has 0 fully saturated rings. The Labute approximate surface area is 142 Å². The Morgan fingerprint density at radius 3 is 2.87 bits per heavy atom. The quantitative estimate of drug-likeness (QED) is 0.555. The van der Waals surface area contributed by atoms with Gasteiger partial charge in [0.05, 0.1) is 16.4 Å². The van der Waals surface area contributed by atoms with Gasteiger partial charge in [-0.2, -0.15) is 10.2 Å². The molecule has 1 amide bonds. The van der Waals surface area contributed by atoms with Gasteiger partial charge >= 0.3 is 0 Å². The molecule has 1 aromatic carbocycles. The summed E-state index contributed by atoms with van der Waals surface area (Å²) >= 11 is 7.70. The molecule has 7 heteroatoms. The fraction of sp³-hybridized carbons (Fsp3) is 0.0625. The highest BCUT2D eigenvalue weighted by Crippen LogP contribution is 2.26. The predicted molar refractivity (Wildman–Crippen MR) is 93.0 cm³/mol. The van der Waals surface area contributed by atoms with Gasteiger partial charge in [-0.05, 0) is 30.5 Å². The molecule has 0 spiro atoms. The van der Waals surface area contributed by atoms with E-state index in [9.17, 15) is 4.79 Å². The van der Waals surface area contributed by atoms with Gasteiger partial charge in [-0.15, -0.1) is 11.3 Å². The van der Waals surface area contributed by atoms with Crippen LogP contribution >= 0.6 is 22.9 Å². The summed E-state index contributed by atoms with van der Waals surface area (Å²) in [4.78, 5) is 13.1. The number of hydrogen-bond donors (Lipinski definition) is 2. The van der Waals surface area contributed by atoms with E-state index in [1.54, 1.807) is 23.5 Å². The zero-order chi connectivity index (χ0) is 16.2. The number of benzene rings is 1. The van der Waals surface area contributed by atoms with Gasteiger partial charge < -0.3 is 0 Å². The first-order valence-corrected chi connectivity index (χ1v) is 8.10. The van der Waals surface area contributed by atoms with E-state index in [4.69, 9.17) is 11.6 Å². The largest absolute Gasteiger partial charge is 0.289 e. The van der Waals surface area contributed by atoms with Crippen LogP contribution in [0.25, 0.3) is 11.3 Å². The molecular formula is C16H13ClN4OS. The summed E-state index contributed by atoms with van der Waals surface area (Å²) in [6.07, 6.45) is 0. The van der Waals surface area contributed by atoms with Crippen LogP contribution in [0.4, 0.5) is 0 Å². The molecule has 23 heavy (non-hydrogen) atoms. The molecule has 0 saturated heterocycles. The Kier molecular flexibility index (Phi) is 4.55. The SMILES string of the molecule is CC(=NNC(=O)c1cc(-c2ccccc2Cl)n[nH]1)c1cccs1. The van der Waals surface area contributed by atoms with Crippen molar-refractivity contribution in [3.05, 3.63) is 63.4 Å². The maximum atomic E-state index is 12.1. The van der Waals surface area contributed by atoms with Gasteiger partial charge in [0.2, 0.25) is 0 Å². The first-order chi connectivity index (χ1) is 11.1. The summed E-state index contributed by atoms with van der Waals surface area (Å²) in [6, 6.07) is 12.9. The number of nitrogens with zero attached hydrogens (tertiary/aromatic N) is 2. The second-order valence-corrected chi connectivity index (χ2v) is 6.12. The second kappa shape index (κ2) is 6.76. The summed E-state index contributed by atoms with van der Waals surface area (Å²) in [6.45, 7) is 1.84. The van der Waals surface area contributed by atoms with Crippen LogP contribution in [0.15, 0.2) is 52.9 Å². The molecule has 0 bridgehead atoms. The Balaban J connectivity index is 1.74. The third-order valence-corrected chi connectivity index (χ3v) is 4.48. The Hall–Kier alpha value is -2.44. The number of amides is 1. The first-order valence-electron chi connectivity index (χ1n) is 6.84. The molecule has 3 rings (SSSR count). The minimum atomic E-state index is -0.355. The number of thiophene rings is 1. The van der Waals surface area contributed by atoms with Crippen molar-refractivity contribution in [3.63, 3.8) is 0 Å². The number of H-pyrrole nitrogens is 1. The normalized spacial score (nSPS) is 11.5. The molecule has 3 aromatic rings. The van der Waals surface area contributed by atoms with E-state index in [-0.39, 0.29) is 5.91 Å². The summed E-state index contributed by atoms with van der Waals surface area (Å²) in [7, 11) is 0. The number of halogens is 1. The highest BCUT2D eigenvalue weighted by Gasteiger charge is 2.12. The maximum absolute atomic E-state index is 12.1. The van der Waals surface area contributed by atoms with Crippen molar-refractivity contribution in [3.8, 4) is 11.3 Å². The average Bonchev–Trinajstić information content (AvgIpc) is 3.24. The molecule has 5 nitrogen and oxygen atoms in total. The van der Waals surface area contributed by atoms with Crippen molar-refractivity contribution < 1.29 is 4.79 Å². The number of hydrazone groups is 1. The maximum Gasteiger partial charge on any atom is 0.289 e. The molecule has 2 aromatic heterocycles. The number of carbonyl (C=O) groups is 1. The van der Waals surface area contributed by atoms with Crippen LogP contribution < -0.4 is 5.43 Å². The van der Waals surface area contributed by atoms with Crippen LogP contribution in [-0.2, 0) is 0 Å². The smallest absolute Gasteiger partial charge is 0.272 e. The predicted octanol–water partition coefficient (Wildman–Crippen LogP) is 3.95. The van der Waals surface area contributed by atoms with E-state index in [0.717, 1.165) is 16.2 Å². The zero-order valence-electron chi connectivity index (χ0n) is 12.2. The van der Waals surface area contributed by atoms with Crippen molar-refractivity contribution in [1.82, 2.24) is 15.6 Å². The van der Waals surface area contributed by atoms with Gasteiger partial charge in [-0.3, -0.25) is 9.89 Å². The van der Waals surface area contributed by atoms with E-state index < -0.39 is 0 Å². The topological polar surface area (TPSA) is 70.1 Å². The van der Waals surface area contributed by atoms with E-state index in [1.165, 1.54) is 0 Å².